The Morgan fingerprint density at radius 2 is 2.24 bits per heavy atom. The van der Waals surface area contributed by atoms with E-state index >= 15 is 0 Å². The van der Waals surface area contributed by atoms with Crippen LogP contribution in [0.3, 0.4) is 0 Å². The van der Waals surface area contributed by atoms with Crippen LogP contribution in [0.5, 0.6) is 0 Å². The molecule has 0 aliphatic heterocycles. The second-order valence-corrected chi connectivity index (χ2v) is 7.47. The first-order chi connectivity index (χ1) is 9.96. The number of hydrogen-bond donors (Lipinski definition) is 1. The Balaban J connectivity index is 2.47. The highest BCUT2D eigenvalue weighted by Crippen LogP contribution is 2.23. The summed E-state index contributed by atoms with van der Waals surface area (Å²) in [4.78, 5) is 17.1. The summed E-state index contributed by atoms with van der Waals surface area (Å²) >= 11 is 5.07. The van der Waals surface area contributed by atoms with E-state index in [-0.39, 0.29) is 12.5 Å². The quantitative estimate of drug-likeness (QED) is 0.711. The Morgan fingerprint density at radius 1 is 1.52 bits per heavy atom. The Labute approximate surface area is 138 Å². The Kier molecular flexibility index (Phi) is 8.43. The lowest BCUT2D eigenvalue weighted by molar-refractivity contribution is -0.132. The fourth-order valence-corrected chi connectivity index (χ4v) is 3.50. The second-order valence-electron chi connectivity index (χ2n) is 4.92. The van der Waals surface area contributed by atoms with Gasteiger partial charge in [-0.05, 0) is 42.0 Å². The Bertz CT molecular complexity index is 442. The van der Waals surface area contributed by atoms with Crippen LogP contribution in [0.4, 0.5) is 0 Å². The number of likely N-dealkylation sites (N-methyl/N-ethyl adjacent to an activating group) is 2. The molecule has 0 aliphatic rings. The highest BCUT2D eigenvalue weighted by Gasteiger charge is 2.17. The highest BCUT2D eigenvalue weighted by atomic mass is 79.9. The van der Waals surface area contributed by atoms with E-state index in [9.17, 15) is 9.90 Å². The molecular weight excluding hydrogens is 356 g/mol. The lowest BCUT2D eigenvalue weighted by atomic mass is 10.3. The maximum atomic E-state index is 12.3. The number of carbonyl (C=O) groups is 1. The van der Waals surface area contributed by atoms with Crippen LogP contribution in [0.25, 0.3) is 0 Å². The number of thiophene rings is 1. The van der Waals surface area contributed by atoms with Crippen LogP contribution >= 0.6 is 27.3 Å². The van der Waals surface area contributed by atoms with Crippen molar-refractivity contribution >= 4 is 33.2 Å². The molecule has 1 atom stereocenters. The molecule has 0 radical (unpaired) electrons. The van der Waals surface area contributed by atoms with Gasteiger partial charge >= 0.3 is 0 Å². The number of hydrogen-bond acceptors (Lipinski definition) is 5. The van der Waals surface area contributed by atoms with E-state index in [1.54, 1.807) is 18.4 Å². The zero-order valence-corrected chi connectivity index (χ0v) is 15.1. The number of nitrogens with zero attached hydrogens (tertiary/aromatic N) is 2. The molecule has 1 aromatic heterocycles. The van der Waals surface area contributed by atoms with Crippen molar-refractivity contribution in [2.75, 3.05) is 40.4 Å². The van der Waals surface area contributed by atoms with Crippen LogP contribution in [0.15, 0.2) is 15.9 Å². The number of methoxy groups -OCH3 is 1. The third kappa shape index (κ3) is 6.88. The van der Waals surface area contributed by atoms with E-state index < -0.39 is 6.10 Å². The van der Waals surface area contributed by atoms with Gasteiger partial charge in [0.1, 0.15) is 0 Å². The molecule has 1 rings (SSSR count). The van der Waals surface area contributed by atoms with Crippen molar-refractivity contribution in [1.82, 2.24) is 9.80 Å². The SMILES string of the molecule is CCN(Cc1ccc(Br)s1)C(=O)CN(C)CC(O)COC. The van der Waals surface area contributed by atoms with Gasteiger partial charge in [-0.15, -0.1) is 11.3 Å². The average molecular weight is 379 g/mol. The van der Waals surface area contributed by atoms with Gasteiger partial charge < -0.3 is 14.7 Å². The predicted octanol–water partition coefficient (Wildman–Crippen LogP) is 1.80. The van der Waals surface area contributed by atoms with E-state index in [4.69, 9.17) is 4.74 Å². The van der Waals surface area contributed by atoms with Crippen LogP contribution in [-0.2, 0) is 16.1 Å². The second kappa shape index (κ2) is 9.53. The molecule has 1 unspecified atom stereocenters. The summed E-state index contributed by atoms with van der Waals surface area (Å²) in [5.41, 5.74) is 0. The van der Waals surface area contributed by atoms with Crippen LogP contribution < -0.4 is 0 Å². The molecule has 0 fully saturated rings. The Morgan fingerprint density at radius 3 is 2.76 bits per heavy atom. The molecule has 0 spiro atoms. The zero-order chi connectivity index (χ0) is 15.8. The number of ether oxygens (including phenoxy) is 1. The minimum Gasteiger partial charge on any atom is -0.389 e. The molecule has 0 aromatic carbocycles. The molecule has 1 heterocycles. The zero-order valence-electron chi connectivity index (χ0n) is 12.7. The third-order valence-electron chi connectivity index (χ3n) is 3.00. The molecule has 5 nitrogen and oxygen atoms in total. The van der Waals surface area contributed by atoms with Gasteiger partial charge in [0, 0.05) is 25.1 Å². The summed E-state index contributed by atoms with van der Waals surface area (Å²) in [7, 11) is 3.37. The van der Waals surface area contributed by atoms with Crippen LogP contribution in [-0.4, -0.2) is 67.3 Å². The number of rotatable bonds is 9. The summed E-state index contributed by atoms with van der Waals surface area (Å²) in [5.74, 6) is 0.0640. The maximum Gasteiger partial charge on any atom is 0.237 e. The minimum atomic E-state index is -0.573. The number of aliphatic hydroxyl groups is 1. The number of halogens is 1. The molecule has 0 saturated heterocycles. The molecule has 1 amide bonds. The van der Waals surface area contributed by atoms with Crippen molar-refractivity contribution in [1.29, 1.82) is 0 Å². The predicted molar refractivity (Wildman–Crippen MR) is 88.5 cm³/mol. The summed E-state index contributed by atoms with van der Waals surface area (Å²) in [6.07, 6.45) is -0.573. The maximum absolute atomic E-state index is 12.3. The van der Waals surface area contributed by atoms with Crippen molar-refractivity contribution in [2.45, 2.75) is 19.6 Å². The Hall–Kier alpha value is -0.470. The van der Waals surface area contributed by atoms with Crippen molar-refractivity contribution in [3.8, 4) is 0 Å². The third-order valence-corrected chi connectivity index (χ3v) is 4.61. The van der Waals surface area contributed by atoms with Crippen LogP contribution in [0.2, 0.25) is 0 Å². The van der Waals surface area contributed by atoms with Gasteiger partial charge in [-0.3, -0.25) is 9.69 Å². The average Bonchev–Trinajstić information content (AvgIpc) is 2.81. The van der Waals surface area contributed by atoms with Gasteiger partial charge in [-0.2, -0.15) is 0 Å². The van der Waals surface area contributed by atoms with Crippen molar-refractivity contribution in [3.05, 3.63) is 20.8 Å². The first-order valence-corrected chi connectivity index (χ1v) is 8.44. The van der Waals surface area contributed by atoms with Crippen LogP contribution in [0.1, 0.15) is 11.8 Å². The smallest absolute Gasteiger partial charge is 0.237 e. The molecule has 1 N–H and O–H groups in total. The molecule has 0 saturated carbocycles. The summed E-state index contributed by atoms with van der Waals surface area (Å²) in [6, 6.07) is 4.02. The van der Waals surface area contributed by atoms with E-state index in [0.717, 1.165) is 8.66 Å². The lowest BCUT2D eigenvalue weighted by Gasteiger charge is -2.25. The number of aliphatic hydroxyl groups excluding tert-OH is 1. The van der Waals surface area contributed by atoms with Gasteiger partial charge in [0.05, 0.1) is 29.6 Å². The fourth-order valence-electron chi connectivity index (χ4n) is 2.00. The van der Waals surface area contributed by atoms with E-state index in [2.05, 4.69) is 15.9 Å². The van der Waals surface area contributed by atoms with Crippen molar-refractivity contribution in [3.63, 3.8) is 0 Å². The van der Waals surface area contributed by atoms with Gasteiger partial charge in [0.2, 0.25) is 5.91 Å². The van der Waals surface area contributed by atoms with E-state index in [1.807, 2.05) is 35.9 Å². The normalized spacial score (nSPS) is 12.7. The van der Waals surface area contributed by atoms with Gasteiger partial charge in [-0.25, -0.2) is 0 Å². The molecular formula is C14H23BrN2O3S. The fraction of sp³-hybridized carbons (Fsp3) is 0.643. The summed E-state index contributed by atoms with van der Waals surface area (Å²) in [6.45, 7) is 4.26. The van der Waals surface area contributed by atoms with Crippen LogP contribution in [0, 0.1) is 0 Å². The number of amides is 1. The summed E-state index contributed by atoms with van der Waals surface area (Å²) < 4.78 is 5.95. The highest BCUT2D eigenvalue weighted by molar-refractivity contribution is 9.11. The molecule has 21 heavy (non-hydrogen) atoms. The lowest BCUT2D eigenvalue weighted by Crippen LogP contribution is -2.41. The largest absolute Gasteiger partial charge is 0.389 e. The van der Waals surface area contributed by atoms with Gasteiger partial charge in [-0.1, -0.05) is 0 Å². The topological polar surface area (TPSA) is 53.0 Å². The molecule has 0 bridgehead atoms. The minimum absolute atomic E-state index is 0.0640. The van der Waals surface area contributed by atoms with E-state index in [1.165, 1.54) is 0 Å². The summed E-state index contributed by atoms with van der Waals surface area (Å²) in [5, 5.41) is 9.67. The van der Waals surface area contributed by atoms with Crippen molar-refractivity contribution < 1.29 is 14.6 Å². The van der Waals surface area contributed by atoms with Gasteiger partial charge in [0.25, 0.3) is 0 Å². The van der Waals surface area contributed by atoms with Gasteiger partial charge in [0.15, 0.2) is 0 Å². The first-order valence-electron chi connectivity index (χ1n) is 6.83. The monoisotopic (exact) mass is 378 g/mol. The molecule has 1 aromatic rings. The molecule has 120 valence electrons. The molecule has 7 heteroatoms. The number of carbonyl (C=O) groups excluding carboxylic acids is 1. The standard InChI is InChI=1S/C14H23BrN2O3S/c1-4-17(8-12-5-6-13(15)21-12)14(19)9-16(2)7-11(18)10-20-3/h5-6,11,18H,4,7-10H2,1-3H3. The van der Waals surface area contributed by atoms with E-state index in [0.29, 0.717) is 26.2 Å². The van der Waals surface area contributed by atoms with Crippen molar-refractivity contribution in [2.24, 2.45) is 0 Å². The first kappa shape index (κ1) is 18.6. The molecule has 0 aliphatic carbocycles.